The Labute approximate surface area is 176 Å². The minimum absolute atomic E-state index is 0.0119. The third-order valence-corrected chi connectivity index (χ3v) is 4.95. The zero-order valence-electron chi connectivity index (χ0n) is 16.9. The summed E-state index contributed by atoms with van der Waals surface area (Å²) in [5.41, 5.74) is 1.42. The van der Waals surface area contributed by atoms with Gasteiger partial charge in [-0.2, -0.15) is 18.3 Å². The number of alkyl halides is 3. The first-order chi connectivity index (χ1) is 14.7. The van der Waals surface area contributed by atoms with Gasteiger partial charge in [-0.05, 0) is 18.6 Å². The number of hydrogen-bond donors (Lipinski definition) is 0. The molecule has 0 atom stereocenters. The predicted octanol–water partition coefficient (Wildman–Crippen LogP) is 5.00. The van der Waals surface area contributed by atoms with Crippen molar-refractivity contribution in [2.45, 2.75) is 19.6 Å². The SMILES string of the molecule is Cc1ccc(-c2cc(C(F)(F)F)n3ncc(C(=O)N(C)Cc4ccccc4)c3n2)cc1. The number of aromatic nitrogens is 3. The molecule has 0 spiro atoms. The van der Waals surface area contributed by atoms with Crippen LogP contribution in [-0.4, -0.2) is 32.5 Å². The molecule has 31 heavy (non-hydrogen) atoms. The lowest BCUT2D eigenvalue weighted by atomic mass is 10.1. The Morgan fingerprint density at radius 2 is 1.74 bits per heavy atom. The molecule has 0 aliphatic carbocycles. The summed E-state index contributed by atoms with van der Waals surface area (Å²) in [7, 11) is 1.59. The van der Waals surface area contributed by atoms with Crippen molar-refractivity contribution in [1.29, 1.82) is 0 Å². The Morgan fingerprint density at radius 1 is 1.06 bits per heavy atom. The number of benzene rings is 2. The van der Waals surface area contributed by atoms with Gasteiger partial charge in [-0.25, -0.2) is 9.50 Å². The van der Waals surface area contributed by atoms with E-state index in [0.717, 1.165) is 23.4 Å². The minimum Gasteiger partial charge on any atom is -0.337 e. The zero-order chi connectivity index (χ0) is 22.2. The Balaban J connectivity index is 1.80. The lowest BCUT2D eigenvalue weighted by Crippen LogP contribution is -2.26. The van der Waals surface area contributed by atoms with Gasteiger partial charge in [0.15, 0.2) is 11.3 Å². The molecule has 2 aromatic carbocycles. The molecule has 0 radical (unpaired) electrons. The number of fused-ring (bicyclic) bond motifs is 1. The van der Waals surface area contributed by atoms with Gasteiger partial charge in [0.05, 0.1) is 11.9 Å². The van der Waals surface area contributed by atoms with E-state index in [9.17, 15) is 18.0 Å². The van der Waals surface area contributed by atoms with E-state index >= 15 is 0 Å². The van der Waals surface area contributed by atoms with Crippen molar-refractivity contribution in [3.05, 3.63) is 89.2 Å². The topological polar surface area (TPSA) is 50.5 Å². The van der Waals surface area contributed by atoms with Gasteiger partial charge in [0.1, 0.15) is 5.56 Å². The summed E-state index contributed by atoms with van der Waals surface area (Å²) >= 11 is 0. The summed E-state index contributed by atoms with van der Waals surface area (Å²) in [5.74, 6) is -0.458. The van der Waals surface area contributed by atoms with Gasteiger partial charge in [-0.15, -0.1) is 0 Å². The molecule has 0 saturated heterocycles. The average molecular weight is 424 g/mol. The lowest BCUT2D eigenvalue weighted by molar-refractivity contribution is -0.142. The van der Waals surface area contributed by atoms with Gasteiger partial charge in [-0.3, -0.25) is 4.79 Å². The van der Waals surface area contributed by atoms with Crippen LogP contribution in [0.25, 0.3) is 16.9 Å². The fraction of sp³-hybridized carbons (Fsp3) is 0.174. The van der Waals surface area contributed by atoms with Crippen molar-refractivity contribution < 1.29 is 18.0 Å². The van der Waals surface area contributed by atoms with Crippen LogP contribution in [0, 0.1) is 6.92 Å². The molecule has 0 N–H and O–H groups in total. The van der Waals surface area contributed by atoms with Crippen LogP contribution in [0.15, 0.2) is 66.9 Å². The lowest BCUT2D eigenvalue weighted by Gasteiger charge is -2.17. The number of carbonyl (C=O) groups is 1. The molecule has 4 aromatic rings. The number of aryl methyl sites for hydroxylation is 1. The fourth-order valence-electron chi connectivity index (χ4n) is 3.32. The highest BCUT2D eigenvalue weighted by Gasteiger charge is 2.36. The first-order valence-electron chi connectivity index (χ1n) is 9.56. The van der Waals surface area contributed by atoms with E-state index in [-0.39, 0.29) is 16.9 Å². The predicted molar refractivity (Wildman–Crippen MR) is 110 cm³/mol. The number of rotatable bonds is 4. The molecule has 2 heterocycles. The van der Waals surface area contributed by atoms with Crippen LogP contribution >= 0.6 is 0 Å². The minimum atomic E-state index is -4.66. The monoisotopic (exact) mass is 424 g/mol. The number of hydrogen-bond acceptors (Lipinski definition) is 3. The molecular weight excluding hydrogens is 405 g/mol. The second kappa shape index (κ2) is 7.86. The summed E-state index contributed by atoms with van der Waals surface area (Å²) in [5, 5.41) is 3.83. The van der Waals surface area contributed by atoms with Crippen molar-refractivity contribution in [1.82, 2.24) is 19.5 Å². The standard InChI is InChI=1S/C23H19F3N4O/c1-15-8-10-17(11-9-15)19-12-20(23(24,25)26)30-21(28-19)18(13-27-30)22(31)29(2)14-16-6-4-3-5-7-16/h3-13H,14H2,1-2H3. The van der Waals surface area contributed by atoms with Gasteiger partial charge in [0.25, 0.3) is 5.91 Å². The molecule has 8 heteroatoms. The van der Waals surface area contributed by atoms with Crippen LogP contribution < -0.4 is 0 Å². The molecule has 0 aliphatic rings. The Kier molecular flexibility index (Phi) is 5.22. The smallest absolute Gasteiger partial charge is 0.337 e. The maximum Gasteiger partial charge on any atom is 0.433 e. The summed E-state index contributed by atoms with van der Waals surface area (Å²) in [6.45, 7) is 2.19. The third kappa shape index (κ3) is 4.14. The molecule has 0 aliphatic heterocycles. The summed E-state index contributed by atoms with van der Waals surface area (Å²) < 4.78 is 41.9. The Hall–Kier alpha value is -3.68. The van der Waals surface area contributed by atoms with E-state index in [0.29, 0.717) is 16.6 Å². The largest absolute Gasteiger partial charge is 0.433 e. The van der Waals surface area contributed by atoms with Crippen molar-refractivity contribution in [3.63, 3.8) is 0 Å². The maximum atomic E-state index is 13.8. The second-order valence-corrected chi connectivity index (χ2v) is 7.33. The molecule has 0 fully saturated rings. The molecule has 5 nitrogen and oxygen atoms in total. The van der Waals surface area contributed by atoms with Crippen LogP contribution in [0.1, 0.15) is 27.2 Å². The molecule has 2 aromatic heterocycles. The molecule has 4 rings (SSSR count). The van der Waals surface area contributed by atoms with E-state index in [1.165, 1.54) is 4.90 Å². The van der Waals surface area contributed by atoms with Crippen LogP contribution in [0.3, 0.4) is 0 Å². The number of halogens is 3. The Bertz CT molecular complexity index is 1230. The van der Waals surface area contributed by atoms with Gasteiger partial charge >= 0.3 is 6.18 Å². The summed E-state index contributed by atoms with van der Waals surface area (Å²) in [6, 6.07) is 17.3. The molecule has 0 bridgehead atoms. The van der Waals surface area contributed by atoms with Gasteiger partial charge in [0, 0.05) is 19.2 Å². The highest BCUT2D eigenvalue weighted by Crippen LogP contribution is 2.33. The first kappa shape index (κ1) is 20.6. The van der Waals surface area contributed by atoms with Crippen LogP contribution in [-0.2, 0) is 12.7 Å². The number of carbonyl (C=O) groups excluding carboxylic acids is 1. The van der Waals surface area contributed by atoms with Crippen molar-refractivity contribution in [2.24, 2.45) is 0 Å². The maximum absolute atomic E-state index is 13.8. The molecular formula is C23H19F3N4O. The molecule has 158 valence electrons. The Morgan fingerprint density at radius 3 is 2.39 bits per heavy atom. The van der Waals surface area contributed by atoms with Crippen molar-refractivity contribution >= 4 is 11.6 Å². The van der Waals surface area contributed by atoms with Gasteiger partial charge in [0.2, 0.25) is 0 Å². The third-order valence-electron chi connectivity index (χ3n) is 4.95. The van der Waals surface area contributed by atoms with E-state index in [4.69, 9.17) is 0 Å². The van der Waals surface area contributed by atoms with Gasteiger partial charge < -0.3 is 4.90 Å². The quantitative estimate of drug-likeness (QED) is 0.464. The van der Waals surface area contributed by atoms with Crippen LogP contribution in [0.4, 0.5) is 13.2 Å². The average Bonchev–Trinajstić information content (AvgIpc) is 3.17. The first-order valence-corrected chi connectivity index (χ1v) is 9.56. The van der Waals surface area contributed by atoms with E-state index in [1.54, 1.807) is 31.3 Å². The molecule has 0 unspecified atom stereocenters. The summed E-state index contributed by atoms with van der Waals surface area (Å²) in [4.78, 5) is 18.8. The van der Waals surface area contributed by atoms with Crippen LogP contribution in [0.5, 0.6) is 0 Å². The van der Waals surface area contributed by atoms with Crippen molar-refractivity contribution in [3.8, 4) is 11.3 Å². The number of amides is 1. The number of nitrogens with zero attached hydrogens (tertiary/aromatic N) is 4. The van der Waals surface area contributed by atoms with Crippen molar-refractivity contribution in [2.75, 3.05) is 7.05 Å². The van der Waals surface area contributed by atoms with Crippen LogP contribution in [0.2, 0.25) is 0 Å². The van der Waals surface area contributed by atoms with E-state index < -0.39 is 17.8 Å². The zero-order valence-corrected chi connectivity index (χ0v) is 16.9. The molecule has 0 saturated carbocycles. The fourth-order valence-corrected chi connectivity index (χ4v) is 3.32. The normalized spacial score (nSPS) is 11.6. The van der Waals surface area contributed by atoms with Gasteiger partial charge in [-0.1, -0.05) is 60.2 Å². The van der Waals surface area contributed by atoms with E-state index in [1.807, 2.05) is 37.3 Å². The highest BCUT2D eigenvalue weighted by molar-refractivity contribution is 5.99. The second-order valence-electron chi connectivity index (χ2n) is 7.33. The highest BCUT2D eigenvalue weighted by atomic mass is 19.4. The summed E-state index contributed by atoms with van der Waals surface area (Å²) in [6.07, 6.45) is -3.52. The molecule has 1 amide bonds. The van der Waals surface area contributed by atoms with E-state index in [2.05, 4.69) is 10.1 Å².